The number of aromatic nitrogens is 2. The van der Waals surface area contributed by atoms with E-state index in [1.54, 1.807) is 0 Å². The van der Waals surface area contributed by atoms with E-state index in [-0.39, 0.29) is 5.54 Å². The summed E-state index contributed by atoms with van der Waals surface area (Å²) in [5.74, 6) is 0.905. The van der Waals surface area contributed by atoms with Crippen LogP contribution in [0.15, 0.2) is 4.47 Å². The summed E-state index contributed by atoms with van der Waals surface area (Å²) in [7, 11) is 2.04. The molecule has 0 amide bonds. The van der Waals surface area contributed by atoms with Gasteiger partial charge < -0.3 is 5.73 Å². The third-order valence-corrected chi connectivity index (χ3v) is 6.00. The summed E-state index contributed by atoms with van der Waals surface area (Å²) in [6, 6.07) is 0. The highest BCUT2D eigenvalue weighted by atomic mass is 79.9. The maximum Gasteiger partial charge on any atom is 0.0766 e. The van der Waals surface area contributed by atoms with Crippen molar-refractivity contribution >= 4 is 15.9 Å². The van der Waals surface area contributed by atoms with Gasteiger partial charge in [-0.3, -0.25) is 4.68 Å². The molecule has 3 nitrogen and oxygen atoms in total. The molecule has 1 saturated carbocycles. The number of rotatable bonds is 6. The molecular formula is C17H30BrN3. The number of nitrogens with zero attached hydrogens (tertiary/aromatic N) is 2. The lowest BCUT2D eigenvalue weighted by molar-refractivity contribution is 0.219. The van der Waals surface area contributed by atoms with Crippen molar-refractivity contribution in [1.29, 1.82) is 0 Å². The van der Waals surface area contributed by atoms with E-state index >= 15 is 0 Å². The molecule has 0 atom stereocenters. The molecule has 0 unspecified atom stereocenters. The van der Waals surface area contributed by atoms with Gasteiger partial charge in [0, 0.05) is 19.0 Å². The zero-order valence-corrected chi connectivity index (χ0v) is 15.4. The van der Waals surface area contributed by atoms with Crippen molar-refractivity contribution in [2.75, 3.05) is 0 Å². The van der Waals surface area contributed by atoms with Crippen molar-refractivity contribution in [3.05, 3.63) is 15.9 Å². The SMILES string of the molecule is CCCCC1CCC(N)(Cc2c(Br)c(CC)nn2C)CC1. The van der Waals surface area contributed by atoms with Crippen molar-refractivity contribution < 1.29 is 0 Å². The monoisotopic (exact) mass is 355 g/mol. The van der Waals surface area contributed by atoms with Crippen LogP contribution in [-0.4, -0.2) is 15.3 Å². The average molecular weight is 356 g/mol. The van der Waals surface area contributed by atoms with Gasteiger partial charge in [-0.2, -0.15) is 5.10 Å². The van der Waals surface area contributed by atoms with Crippen LogP contribution in [0.3, 0.4) is 0 Å². The third kappa shape index (κ3) is 4.10. The predicted molar refractivity (Wildman–Crippen MR) is 92.4 cm³/mol. The summed E-state index contributed by atoms with van der Waals surface area (Å²) < 4.78 is 3.19. The molecule has 0 radical (unpaired) electrons. The lowest BCUT2D eigenvalue weighted by Crippen LogP contribution is -2.45. The lowest BCUT2D eigenvalue weighted by Gasteiger charge is -2.37. The Morgan fingerprint density at radius 3 is 2.52 bits per heavy atom. The number of nitrogens with two attached hydrogens (primary N) is 1. The first-order valence-electron chi connectivity index (χ1n) is 8.48. The van der Waals surface area contributed by atoms with Gasteiger partial charge in [0.25, 0.3) is 0 Å². The van der Waals surface area contributed by atoms with Gasteiger partial charge in [-0.05, 0) is 54.0 Å². The second-order valence-electron chi connectivity index (χ2n) is 6.81. The molecule has 1 aromatic heterocycles. The van der Waals surface area contributed by atoms with Crippen LogP contribution in [0.1, 0.15) is 70.2 Å². The summed E-state index contributed by atoms with van der Waals surface area (Å²) >= 11 is 3.72. The van der Waals surface area contributed by atoms with Gasteiger partial charge >= 0.3 is 0 Å². The van der Waals surface area contributed by atoms with E-state index in [2.05, 4.69) is 34.9 Å². The molecule has 1 aliphatic carbocycles. The smallest absolute Gasteiger partial charge is 0.0766 e. The topological polar surface area (TPSA) is 43.8 Å². The summed E-state index contributed by atoms with van der Waals surface area (Å²) in [6.45, 7) is 4.43. The van der Waals surface area contributed by atoms with Crippen molar-refractivity contribution in [2.45, 2.75) is 77.2 Å². The highest BCUT2D eigenvalue weighted by molar-refractivity contribution is 9.10. The fourth-order valence-corrected chi connectivity index (χ4v) is 4.31. The molecule has 0 aromatic carbocycles. The van der Waals surface area contributed by atoms with Gasteiger partial charge in [-0.15, -0.1) is 0 Å². The van der Waals surface area contributed by atoms with E-state index in [4.69, 9.17) is 5.73 Å². The molecule has 0 saturated heterocycles. The molecule has 1 aliphatic rings. The van der Waals surface area contributed by atoms with Gasteiger partial charge in [0.15, 0.2) is 0 Å². The molecule has 0 spiro atoms. The molecule has 1 heterocycles. The third-order valence-electron chi connectivity index (χ3n) is 5.09. The Kier molecular flexibility index (Phi) is 5.89. The van der Waals surface area contributed by atoms with Gasteiger partial charge in [-0.25, -0.2) is 0 Å². The van der Waals surface area contributed by atoms with Gasteiger partial charge in [0.2, 0.25) is 0 Å². The lowest BCUT2D eigenvalue weighted by atomic mass is 9.73. The maximum absolute atomic E-state index is 6.71. The number of aryl methyl sites for hydroxylation is 2. The Morgan fingerprint density at radius 2 is 2.00 bits per heavy atom. The first-order valence-corrected chi connectivity index (χ1v) is 9.27. The second kappa shape index (κ2) is 7.28. The Hall–Kier alpha value is -0.350. The van der Waals surface area contributed by atoms with Crippen molar-refractivity contribution in [1.82, 2.24) is 9.78 Å². The van der Waals surface area contributed by atoms with E-state index in [1.807, 2.05) is 11.7 Å². The Balaban J connectivity index is 1.99. The molecule has 120 valence electrons. The largest absolute Gasteiger partial charge is 0.325 e. The van der Waals surface area contributed by atoms with Crippen LogP contribution in [-0.2, 0) is 19.9 Å². The quantitative estimate of drug-likeness (QED) is 0.823. The molecule has 0 aliphatic heterocycles. The molecule has 2 N–H and O–H groups in total. The van der Waals surface area contributed by atoms with Gasteiger partial charge in [0.1, 0.15) is 0 Å². The fourth-order valence-electron chi connectivity index (χ4n) is 3.56. The minimum atomic E-state index is -0.0377. The van der Waals surface area contributed by atoms with E-state index in [0.29, 0.717) is 0 Å². The average Bonchev–Trinajstić information content (AvgIpc) is 2.74. The van der Waals surface area contributed by atoms with Crippen LogP contribution in [0.25, 0.3) is 0 Å². The summed E-state index contributed by atoms with van der Waals surface area (Å²) in [5, 5.41) is 4.59. The number of unbranched alkanes of at least 4 members (excludes halogenated alkanes) is 1. The van der Waals surface area contributed by atoms with E-state index in [1.165, 1.54) is 42.3 Å². The van der Waals surface area contributed by atoms with Crippen LogP contribution in [0.2, 0.25) is 0 Å². The number of halogens is 1. The zero-order valence-electron chi connectivity index (χ0n) is 13.8. The number of hydrogen-bond donors (Lipinski definition) is 1. The molecule has 1 fully saturated rings. The maximum atomic E-state index is 6.71. The first-order chi connectivity index (χ1) is 9.99. The summed E-state index contributed by atoms with van der Waals surface area (Å²) in [5.41, 5.74) is 9.08. The number of hydrogen-bond acceptors (Lipinski definition) is 2. The Morgan fingerprint density at radius 1 is 1.33 bits per heavy atom. The highest BCUT2D eigenvalue weighted by Crippen LogP contribution is 2.36. The van der Waals surface area contributed by atoms with Crippen LogP contribution in [0, 0.1) is 5.92 Å². The molecule has 21 heavy (non-hydrogen) atoms. The minimum Gasteiger partial charge on any atom is -0.325 e. The van der Waals surface area contributed by atoms with Crippen LogP contribution < -0.4 is 5.73 Å². The van der Waals surface area contributed by atoms with Crippen LogP contribution >= 0.6 is 15.9 Å². The van der Waals surface area contributed by atoms with E-state index in [0.717, 1.165) is 37.3 Å². The normalized spacial score (nSPS) is 26.2. The fraction of sp³-hybridized carbons (Fsp3) is 0.824. The van der Waals surface area contributed by atoms with Gasteiger partial charge in [-0.1, -0.05) is 33.1 Å². The van der Waals surface area contributed by atoms with Crippen molar-refractivity contribution in [2.24, 2.45) is 18.7 Å². The molecule has 2 rings (SSSR count). The Bertz CT molecular complexity index is 459. The highest BCUT2D eigenvalue weighted by Gasteiger charge is 2.33. The van der Waals surface area contributed by atoms with Crippen molar-refractivity contribution in [3.8, 4) is 0 Å². The molecular weight excluding hydrogens is 326 g/mol. The van der Waals surface area contributed by atoms with Crippen LogP contribution in [0.4, 0.5) is 0 Å². The first kappa shape index (κ1) is 17.0. The van der Waals surface area contributed by atoms with Crippen LogP contribution in [0.5, 0.6) is 0 Å². The molecule has 0 bridgehead atoms. The van der Waals surface area contributed by atoms with E-state index < -0.39 is 0 Å². The van der Waals surface area contributed by atoms with E-state index in [9.17, 15) is 0 Å². The summed E-state index contributed by atoms with van der Waals surface area (Å²) in [4.78, 5) is 0. The van der Waals surface area contributed by atoms with Crippen molar-refractivity contribution in [3.63, 3.8) is 0 Å². The molecule has 1 aromatic rings. The predicted octanol–water partition coefficient (Wildman–Crippen LogP) is 4.37. The standard InChI is InChI=1S/C17H30BrN3/c1-4-6-7-13-8-10-17(19,11-9-13)12-15-16(18)14(5-2)20-21(15)3/h13H,4-12,19H2,1-3H3. The molecule has 4 heteroatoms. The summed E-state index contributed by atoms with van der Waals surface area (Å²) in [6.07, 6.45) is 10.9. The second-order valence-corrected chi connectivity index (χ2v) is 7.60. The minimum absolute atomic E-state index is 0.0377. The Labute approximate surface area is 137 Å². The zero-order chi connectivity index (χ0) is 15.5. The van der Waals surface area contributed by atoms with Gasteiger partial charge in [0.05, 0.1) is 15.9 Å².